The van der Waals surface area contributed by atoms with Gasteiger partial charge in [0.2, 0.25) is 5.88 Å². The van der Waals surface area contributed by atoms with E-state index in [9.17, 15) is 0 Å². The van der Waals surface area contributed by atoms with E-state index < -0.39 is 0 Å². The number of nitrogens with zero attached hydrogens (tertiary/aromatic N) is 1. The normalized spacial score (nSPS) is 12.2. The Labute approximate surface area is 135 Å². The van der Waals surface area contributed by atoms with Crippen LogP contribution in [0.3, 0.4) is 0 Å². The largest absolute Gasteiger partial charge is 0.481 e. The van der Waals surface area contributed by atoms with Gasteiger partial charge in [0.25, 0.3) is 0 Å². The summed E-state index contributed by atoms with van der Waals surface area (Å²) in [6.45, 7) is 2.91. The quantitative estimate of drug-likeness (QED) is 0.860. The molecule has 0 bridgehead atoms. The van der Waals surface area contributed by atoms with Crippen molar-refractivity contribution in [1.82, 2.24) is 10.3 Å². The van der Waals surface area contributed by atoms with Crippen LogP contribution in [0.5, 0.6) is 5.88 Å². The molecule has 0 aliphatic carbocycles. The molecule has 112 valence electrons. The predicted molar refractivity (Wildman–Crippen MR) is 87.4 cm³/mol. The molecule has 1 aromatic carbocycles. The molecule has 0 saturated carbocycles. The summed E-state index contributed by atoms with van der Waals surface area (Å²) in [5, 5.41) is 4.62. The van der Waals surface area contributed by atoms with Crippen LogP contribution in [-0.2, 0) is 6.42 Å². The van der Waals surface area contributed by atoms with Gasteiger partial charge in [-0.25, -0.2) is 4.98 Å². The molecule has 0 amide bonds. The Hall–Kier alpha value is -1.29. The van der Waals surface area contributed by atoms with Crippen LogP contribution in [0.4, 0.5) is 0 Å². The molecule has 2 aromatic rings. The molecule has 21 heavy (non-hydrogen) atoms. The number of rotatable bonds is 6. The first kappa shape index (κ1) is 16.1. The number of pyridine rings is 1. The summed E-state index contributed by atoms with van der Waals surface area (Å²) >= 11 is 12.4. The molecule has 0 saturated heterocycles. The maximum atomic E-state index is 6.33. The van der Waals surface area contributed by atoms with Crippen LogP contribution in [0, 0.1) is 0 Å². The highest BCUT2D eigenvalue weighted by molar-refractivity contribution is 6.42. The van der Waals surface area contributed by atoms with Crippen molar-refractivity contribution in [3.05, 3.63) is 57.7 Å². The molecule has 0 spiro atoms. The zero-order valence-corrected chi connectivity index (χ0v) is 13.6. The molecule has 1 heterocycles. The minimum absolute atomic E-state index is 0.0939. The van der Waals surface area contributed by atoms with Crippen LogP contribution >= 0.6 is 23.2 Å². The van der Waals surface area contributed by atoms with Gasteiger partial charge in [0.05, 0.1) is 17.2 Å². The third kappa shape index (κ3) is 4.10. The lowest BCUT2D eigenvalue weighted by atomic mass is 9.99. The van der Waals surface area contributed by atoms with Crippen LogP contribution in [0.1, 0.15) is 24.1 Å². The molecule has 0 fully saturated rings. The first-order chi connectivity index (χ1) is 10.2. The van der Waals surface area contributed by atoms with E-state index in [1.54, 1.807) is 13.2 Å². The molecule has 0 radical (unpaired) electrons. The topological polar surface area (TPSA) is 34.1 Å². The average molecular weight is 325 g/mol. The Kier molecular flexibility index (Phi) is 5.85. The molecule has 1 unspecified atom stereocenters. The molecular formula is C16H18Cl2N2O. The van der Waals surface area contributed by atoms with Crippen LogP contribution in [0.15, 0.2) is 36.5 Å². The van der Waals surface area contributed by atoms with E-state index in [4.69, 9.17) is 27.9 Å². The minimum atomic E-state index is 0.0939. The van der Waals surface area contributed by atoms with Gasteiger partial charge in [-0.05, 0) is 30.2 Å². The van der Waals surface area contributed by atoms with E-state index in [1.807, 2.05) is 30.5 Å². The lowest BCUT2D eigenvalue weighted by Gasteiger charge is -2.20. The fraction of sp³-hybridized carbons (Fsp3) is 0.312. The Balaban J connectivity index is 2.24. The fourth-order valence-corrected chi connectivity index (χ4v) is 2.66. The number of hydrogen-bond donors (Lipinski definition) is 1. The smallest absolute Gasteiger partial charge is 0.212 e. The van der Waals surface area contributed by atoms with Crippen LogP contribution in [0.2, 0.25) is 10.0 Å². The molecule has 1 atom stereocenters. The maximum absolute atomic E-state index is 6.33. The highest BCUT2D eigenvalue weighted by Gasteiger charge is 2.16. The van der Waals surface area contributed by atoms with Crippen molar-refractivity contribution in [1.29, 1.82) is 0 Å². The SMILES string of the molecule is CCNC(Cc1ccc(OC)nc1)c1cccc(Cl)c1Cl. The number of benzene rings is 1. The Morgan fingerprint density at radius 3 is 2.67 bits per heavy atom. The number of hydrogen-bond acceptors (Lipinski definition) is 3. The molecule has 0 aliphatic heterocycles. The van der Waals surface area contributed by atoms with Gasteiger partial charge in [0.1, 0.15) is 0 Å². The standard InChI is InChI=1S/C16H18Cl2N2O/c1-3-19-14(12-5-4-6-13(17)16(12)18)9-11-7-8-15(21-2)20-10-11/h4-8,10,14,19H,3,9H2,1-2H3. The lowest BCUT2D eigenvalue weighted by Crippen LogP contribution is -2.23. The van der Waals surface area contributed by atoms with Crippen molar-refractivity contribution >= 4 is 23.2 Å². The zero-order chi connectivity index (χ0) is 15.2. The van der Waals surface area contributed by atoms with E-state index >= 15 is 0 Å². The summed E-state index contributed by atoms with van der Waals surface area (Å²) in [5.41, 5.74) is 2.11. The monoisotopic (exact) mass is 324 g/mol. The first-order valence-electron chi connectivity index (χ1n) is 6.82. The fourth-order valence-electron chi connectivity index (χ4n) is 2.22. The number of nitrogens with one attached hydrogen (secondary N) is 1. The Morgan fingerprint density at radius 2 is 2.05 bits per heavy atom. The van der Waals surface area contributed by atoms with Gasteiger partial charge in [0.15, 0.2) is 0 Å². The van der Waals surface area contributed by atoms with Crippen molar-refractivity contribution in [3.8, 4) is 5.88 Å². The molecule has 1 N–H and O–H groups in total. The highest BCUT2D eigenvalue weighted by Crippen LogP contribution is 2.31. The molecule has 5 heteroatoms. The summed E-state index contributed by atoms with van der Waals surface area (Å²) in [6.07, 6.45) is 2.60. The van der Waals surface area contributed by atoms with Gasteiger partial charge in [-0.3, -0.25) is 0 Å². The predicted octanol–water partition coefficient (Wildman–Crippen LogP) is 4.29. The van der Waals surface area contributed by atoms with E-state index in [0.29, 0.717) is 15.9 Å². The molecular weight excluding hydrogens is 307 g/mol. The number of halogens is 2. The van der Waals surface area contributed by atoms with Gasteiger partial charge < -0.3 is 10.1 Å². The second-order valence-electron chi connectivity index (χ2n) is 4.67. The van der Waals surface area contributed by atoms with Crippen LogP contribution < -0.4 is 10.1 Å². The first-order valence-corrected chi connectivity index (χ1v) is 7.57. The van der Waals surface area contributed by atoms with Crippen molar-refractivity contribution in [2.45, 2.75) is 19.4 Å². The van der Waals surface area contributed by atoms with Crippen LogP contribution in [0.25, 0.3) is 0 Å². The van der Waals surface area contributed by atoms with Gasteiger partial charge in [-0.1, -0.05) is 48.3 Å². The lowest BCUT2D eigenvalue weighted by molar-refractivity contribution is 0.397. The van der Waals surface area contributed by atoms with Crippen molar-refractivity contribution in [2.24, 2.45) is 0 Å². The summed E-state index contributed by atoms with van der Waals surface area (Å²) < 4.78 is 5.08. The number of aromatic nitrogens is 1. The van der Waals surface area contributed by atoms with E-state index in [1.165, 1.54) is 0 Å². The minimum Gasteiger partial charge on any atom is -0.481 e. The molecule has 0 aliphatic rings. The Bertz CT molecular complexity index is 587. The molecule has 3 nitrogen and oxygen atoms in total. The average Bonchev–Trinajstić information content (AvgIpc) is 2.50. The zero-order valence-electron chi connectivity index (χ0n) is 12.1. The van der Waals surface area contributed by atoms with Crippen molar-refractivity contribution in [2.75, 3.05) is 13.7 Å². The number of ether oxygens (including phenoxy) is 1. The number of likely N-dealkylation sites (N-methyl/N-ethyl adjacent to an activating group) is 1. The van der Waals surface area contributed by atoms with E-state index in [2.05, 4.69) is 17.2 Å². The highest BCUT2D eigenvalue weighted by atomic mass is 35.5. The summed E-state index contributed by atoms with van der Waals surface area (Å²) in [6, 6.07) is 9.67. The second kappa shape index (κ2) is 7.64. The van der Waals surface area contributed by atoms with Gasteiger partial charge >= 0.3 is 0 Å². The second-order valence-corrected chi connectivity index (χ2v) is 5.45. The Morgan fingerprint density at radius 1 is 1.24 bits per heavy atom. The van der Waals surface area contributed by atoms with Gasteiger partial charge in [0, 0.05) is 18.3 Å². The van der Waals surface area contributed by atoms with Gasteiger partial charge in [-0.2, -0.15) is 0 Å². The summed E-state index contributed by atoms with van der Waals surface area (Å²) in [5.74, 6) is 0.611. The van der Waals surface area contributed by atoms with Crippen molar-refractivity contribution in [3.63, 3.8) is 0 Å². The van der Waals surface area contributed by atoms with Gasteiger partial charge in [-0.15, -0.1) is 0 Å². The van der Waals surface area contributed by atoms with E-state index in [-0.39, 0.29) is 6.04 Å². The van der Waals surface area contributed by atoms with E-state index in [0.717, 1.165) is 24.1 Å². The summed E-state index contributed by atoms with van der Waals surface area (Å²) in [7, 11) is 1.61. The molecule has 2 rings (SSSR count). The number of methoxy groups -OCH3 is 1. The summed E-state index contributed by atoms with van der Waals surface area (Å²) in [4.78, 5) is 4.23. The third-order valence-electron chi connectivity index (χ3n) is 3.25. The maximum Gasteiger partial charge on any atom is 0.212 e. The van der Waals surface area contributed by atoms with Crippen LogP contribution in [-0.4, -0.2) is 18.6 Å². The molecule has 1 aromatic heterocycles. The van der Waals surface area contributed by atoms with Crippen molar-refractivity contribution < 1.29 is 4.74 Å². The third-order valence-corrected chi connectivity index (χ3v) is 4.09.